The van der Waals surface area contributed by atoms with Gasteiger partial charge in [-0.2, -0.15) is 0 Å². The minimum absolute atomic E-state index is 0.0206. The molecule has 0 radical (unpaired) electrons. The number of hydrogen-bond donors (Lipinski definition) is 0. The number of benzene rings is 11. The Morgan fingerprint density at radius 2 is 0.670 bits per heavy atom. The Hall–Kier alpha value is -9.18. The average molecular weight is 1230 g/mol. The Labute approximate surface area is 561 Å². The zero-order chi connectivity index (χ0) is 64.4. The number of nitrogens with zero attached hydrogens (tertiary/aromatic N) is 3. The molecule has 0 unspecified atom stereocenters. The fraction of sp³-hybridized carbons (Fsp3) is 0.275. The van der Waals surface area contributed by atoms with Crippen molar-refractivity contribution in [2.24, 2.45) is 0 Å². The number of para-hydroxylation sites is 3. The van der Waals surface area contributed by atoms with Gasteiger partial charge in [-0.1, -0.05) is 268 Å². The van der Waals surface area contributed by atoms with E-state index in [1.165, 1.54) is 204 Å². The number of anilines is 6. The molecular weight excluding hydrogens is 1140 g/mol. The van der Waals surface area contributed by atoms with Crippen molar-refractivity contribution in [1.29, 1.82) is 0 Å². The molecular formula is C91H95N3. The van der Waals surface area contributed by atoms with Crippen LogP contribution in [0.25, 0.3) is 72.0 Å². The first-order chi connectivity index (χ1) is 46.2. The number of hydrogen-bond acceptors (Lipinski definition) is 2. The van der Waals surface area contributed by atoms with Gasteiger partial charge in [0.05, 0.1) is 11.0 Å². The average Bonchev–Trinajstić information content (AvgIpc) is 1.52. The van der Waals surface area contributed by atoms with Crippen LogP contribution in [0, 0.1) is 27.7 Å². The zero-order valence-corrected chi connectivity index (χ0v) is 56.7. The molecule has 0 bridgehead atoms. The quantitative estimate of drug-likeness (QED) is 0.0453. The molecule has 3 nitrogen and oxygen atoms in total. The SMILES string of the molecule is CCCCCCCCCCC1(CCCCCCCCCC)c2cc(C)c(C)cc2-c2cc(C)c(-c3ccc(N(c4ccc(C)cc4)c4ccc(-c5ccc6c7ccccc7n(-c7ccc(-c8ccc(N(c9ccccc9)c9ccccc9)cc8)cc7)c6c5)cc4)cc3)cc21. The maximum atomic E-state index is 2.66. The van der Waals surface area contributed by atoms with Crippen LogP contribution < -0.4 is 9.80 Å². The van der Waals surface area contributed by atoms with Crippen molar-refractivity contribution in [3.8, 4) is 50.2 Å². The molecule has 0 atom stereocenters. The monoisotopic (exact) mass is 1230 g/mol. The maximum Gasteiger partial charge on any atom is 0.0547 e. The standard InChI is InChI=1S/C91H95N3/c1-7-9-11-13-15-17-19-29-59-91(60-30-20-18-16-14-12-10-8-2)87-63-68(5)67(4)61-85(87)86-62-69(6)84(65-88(86)91)73-45-56-80(57-46-73)93(77-48-37-66(3)38-49-77)79-52-43-72(44-53-79)74-47-58-83-82-35-27-28-36-89(82)94(90(83)64-74)81-54-41-71(42-55-81)70-39-50-78(51-40-70)92(75-31-23-21-24-32-75)76-33-25-22-26-34-76/h21-28,31-58,61-65H,7-20,29-30,59-60H2,1-6H3. The lowest BCUT2D eigenvalue weighted by atomic mass is 9.69. The van der Waals surface area contributed by atoms with Gasteiger partial charge in [0.1, 0.15) is 0 Å². The third kappa shape index (κ3) is 13.5. The lowest BCUT2D eigenvalue weighted by Gasteiger charge is -2.34. The van der Waals surface area contributed by atoms with E-state index in [1.54, 1.807) is 11.1 Å². The van der Waals surface area contributed by atoms with E-state index in [4.69, 9.17) is 0 Å². The molecule has 1 aliphatic rings. The van der Waals surface area contributed by atoms with Crippen molar-refractivity contribution in [2.45, 2.75) is 163 Å². The zero-order valence-electron chi connectivity index (χ0n) is 56.7. The van der Waals surface area contributed by atoms with Crippen molar-refractivity contribution in [2.75, 3.05) is 9.80 Å². The summed E-state index contributed by atoms with van der Waals surface area (Å²) in [6.45, 7) is 13.8. The first kappa shape index (κ1) is 63.6. The molecule has 1 aliphatic carbocycles. The van der Waals surface area contributed by atoms with Crippen LogP contribution in [0.1, 0.15) is 163 Å². The summed E-state index contributed by atoms with van der Waals surface area (Å²) in [6, 6.07) is 93.2. The van der Waals surface area contributed by atoms with Gasteiger partial charge in [-0.15, -0.1) is 0 Å². The normalized spacial score (nSPS) is 12.4. The predicted octanol–water partition coefficient (Wildman–Crippen LogP) is 27.3. The molecule has 12 aromatic rings. The summed E-state index contributed by atoms with van der Waals surface area (Å²) in [4.78, 5) is 4.73. The Morgan fingerprint density at radius 3 is 1.19 bits per heavy atom. The molecule has 0 aliphatic heterocycles. The molecule has 1 heterocycles. The minimum atomic E-state index is 0.0206. The van der Waals surface area contributed by atoms with Crippen molar-refractivity contribution >= 4 is 55.9 Å². The summed E-state index contributed by atoms with van der Waals surface area (Å²) in [7, 11) is 0. The van der Waals surface area contributed by atoms with Gasteiger partial charge in [-0.05, 0) is 216 Å². The smallest absolute Gasteiger partial charge is 0.0547 e. The highest BCUT2D eigenvalue weighted by Gasteiger charge is 2.43. The molecule has 94 heavy (non-hydrogen) atoms. The molecule has 11 aromatic carbocycles. The first-order valence-electron chi connectivity index (χ1n) is 35.7. The molecule has 0 saturated heterocycles. The van der Waals surface area contributed by atoms with Crippen molar-refractivity contribution in [1.82, 2.24) is 4.57 Å². The largest absolute Gasteiger partial charge is 0.311 e. The minimum Gasteiger partial charge on any atom is -0.311 e. The summed E-state index contributed by atoms with van der Waals surface area (Å²) in [5.74, 6) is 0. The van der Waals surface area contributed by atoms with Gasteiger partial charge in [0, 0.05) is 56.0 Å². The van der Waals surface area contributed by atoms with E-state index in [9.17, 15) is 0 Å². The summed E-state index contributed by atoms with van der Waals surface area (Å²) in [5, 5.41) is 2.49. The topological polar surface area (TPSA) is 11.4 Å². The van der Waals surface area contributed by atoms with E-state index in [-0.39, 0.29) is 5.41 Å². The number of aryl methyl sites for hydroxylation is 4. The Bertz CT molecular complexity index is 4400. The molecule has 0 fully saturated rings. The van der Waals surface area contributed by atoms with E-state index >= 15 is 0 Å². The fourth-order valence-electron chi connectivity index (χ4n) is 15.4. The molecule has 1 aromatic heterocycles. The third-order valence-corrected chi connectivity index (χ3v) is 20.7. The van der Waals surface area contributed by atoms with Gasteiger partial charge >= 0.3 is 0 Å². The van der Waals surface area contributed by atoms with Crippen LogP contribution in [0.15, 0.2) is 249 Å². The molecule has 3 heteroatoms. The van der Waals surface area contributed by atoms with E-state index in [1.807, 2.05) is 0 Å². The summed E-state index contributed by atoms with van der Waals surface area (Å²) in [6.07, 6.45) is 24.0. The Morgan fingerprint density at radius 1 is 0.287 bits per heavy atom. The van der Waals surface area contributed by atoms with E-state index in [0.29, 0.717) is 0 Å². The highest BCUT2D eigenvalue weighted by atomic mass is 15.1. The van der Waals surface area contributed by atoms with Gasteiger partial charge in [0.25, 0.3) is 0 Å². The lowest BCUT2D eigenvalue weighted by Crippen LogP contribution is -2.26. The van der Waals surface area contributed by atoms with Crippen molar-refractivity contribution in [3.63, 3.8) is 0 Å². The first-order valence-corrected chi connectivity index (χ1v) is 35.7. The molecule has 13 rings (SSSR count). The van der Waals surface area contributed by atoms with Gasteiger partial charge in [-0.3, -0.25) is 0 Å². The highest BCUT2D eigenvalue weighted by Crippen LogP contribution is 2.56. The number of unbranched alkanes of at least 4 members (excludes halogenated alkanes) is 14. The second kappa shape index (κ2) is 29.4. The molecule has 0 spiro atoms. The van der Waals surface area contributed by atoms with Gasteiger partial charge in [0.2, 0.25) is 0 Å². The van der Waals surface area contributed by atoms with Crippen LogP contribution in [0.2, 0.25) is 0 Å². The van der Waals surface area contributed by atoms with E-state index in [2.05, 4.69) is 305 Å². The van der Waals surface area contributed by atoms with E-state index < -0.39 is 0 Å². The summed E-state index contributed by atoms with van der Waals surface area (Å²) < 4.78 is 2.44. The molecule has 0 saturated carbocycles. The number of aromatic nitrogens is 1. The summed E-state index contributed by atoms with van der Waals surface area (Å²) >= 11 is 0. The fourth-order valence-corrected chi connectivity index (χ4v) is 15.4. The Kier molecular flexibility index (Phi) is 19.9. The van der Waals surface area contributed by atoms with Crippen LogP contribution in [-0.4, -0.2) is 4.57 Å². The highest BCUT2D eigenvalue weighted by molar-refractivity contribution is 6.10. The van der Waals surface area contributed by atoms with Crippen molar-refractivity contribution < 1.29 is 0 Å². The second-order valence-electron chi connectivity index (χ2n) is 27.2. The van der Waals surface area contributed by atoms with Crippen LogP contribution in [0.5, 0.6) is 0 Å². The summed E-state index contributed by atoms with van der Waals surface area (Å²) in [5.41, 5.74) is 29.3. The van der Waals surface area contributed by atoms with E-state index in [0.717, 1.165) is 39.8 Å². The van der Waals surface area contributed by atoms with Gasteiger partial charge in [-0.25, -0.2) is 0 Å². The van der Waals surface area contributed by atoms with Crippen LogP contribution >= 0.6 is 0 Å². The van der Waals surface area contributed by atoms with Gasteiger partial charge in [0.15, 0.2) is 0 Å². The maximum absolute atomic E-state index is 2.66. The second-order valence-corrected chi connectivity index (χ2v) is 27.2. The molecule has 0 amide bonds. The predicted molar refractivity (Wildman–Crippen MR) is 406 cm³/mol. The third-order valence-electron chi connectivity index (χ3n) is 20.7. The van der Waals surface area contributed by atoms with Crippen LogP contribution in [-0.2, 0) is 5.41 Å². The lowest BCUT2D eigenvalue weighted by molar-refractivity contribution is 0.397. The molecule has 474 valence electrons. The number of rotatable bonds is 28. The van der Waals surface area contributed by atoms with Gasteiger partial charge < -0.3 is 14.4 Å². The molecule has 0 N–H and O–H groups in total. The Balaban J connectivity index is 0.786. The van der Waals surface area contributed by atoms with Crippen LogP contribution in [0.4, 0.5) is 34.1 Å². The van der Waals surface area contributed by atoms with Crippen LogP contribution in [0.3, 0.4) is 0 Å². The number of fused-ring (bicyclic) bond motifs is 6. The van der Waals surface area contributed by atoms with Crippen molar-refractivity contribution in [3.05, 3.63) is 282 Å².